The molecule has 1 aliphatic rings. The number of anilines is 1. The van der Waals surface area contributed by atoms with Crippen molar-refractivity contribution in [1.82, 2.24) is 10.3 Å². The maximum Gasteiger partial charge on any atom is 0.208 e. The molecule has 124 valence electrons. The predicted molar refractivity (Wildman–Crippen MR) is 95.3 cm³/mol. The van der Waals surface area contributed by atoms with Gasteiger partial charge in [-0.25, -0.2) is 8.42 Å². The maximum atomic E-state index is 13.0. The van der Waals surface area contributed by atoms with E-state index < -0.39 is 9.84 Å². The van der Waals surface area contributed by atoms with Gasteiger partial charge in [-0.3, -0.25) is 0 Å². The van der Waals surface area contributed by atoms with Crippen LogP contribution in [-0.4, -0.2) is 39.6 Å². The van der Waals surface area contributed by atoms with Crippen molar-refractivity contribution >= 4 is 26.4 Å². The van der Waals surface area contributed by atoms with Crippen LogP contribution in [0.3, 0.4) is 0 Å². The normalized spacial score (nSPS) is 15.8. The number of nitrogens with zero attached hydrogens (tertiary/aromatic N) is 1. The minimum absolute atomic E-state index is 0.318. The van der Waals surface area contributed by atoms with E-state index in [1.54, 1.807) is 30.5 Å². The number of H-pyrrole nitrogens is 1. The van der Waals surface area contributed by atoms with Gasteiger partial charge < -0.3 is 15.2 Å². The summed E-state index contributed by atoms with van der Waals surface area (Å²) in [5.74, 6) is 0. The Hall–Kier alpha value is -2.31. The van der Waals surface area contributed by atoms with Crippen LogP contribution in [-0.2, 0) is 9.84 Å². The molecule has 1 saturated heterocycles. The Morgan fingerprint density at radius 3 is 2.42 bits per heavy atom. The Morgan fingerprint density at radius 2 is 1.67 bits per heavy atom. The number of hydrogen-bond donors (Lipinski definition) is 2. The van der Waals surface area contributed by atoms with Crippen molar-refractivity contribution in [2.75, 3.05) is 31.1 Å². The summed E-state index contributed by atoms with van der Waals surface area (Å²) in [5, 5.41) is 4.08. The highest BCUT2D eigenvalue weighted by molar-refractivity contribution is 7.91. The van der Waals surface area contributed by atoms with Gasteiger partial charge in [0.2, 0.25) is 9.84 Å². The molecule has 5 nitrogen and oxygen atoms in total. The van der Waals surface area contributed by atoms with E-state index in [1.807, 2.05) is 24.3 Å². The third-order valence-electron chi connectivity index (χ3n) is 4.46. The molecule has 2 heterocycles. The number of aromatic nitrogens is 1. The first-order chi connectivity index (χ1) is 11.7. The molecule has 0 radical (unpaired) electrons. The van der Waals surface area contributed by atoms with Crippen molar-refractivity contribution in [1.29, 1.82) is 0 Å². The molecule has 0 atom stereocenters. The predicted octanol–water partition coefficient (Wildman–Crippen LogP) is 2.41. The minimum Gasteiger partial charge on any atom is -0.367 e. The Kier molecular flexibility index (Phi) is 3.78. The molecule has 0 spiro atoms. The molecule has 2 aromatic carbocycles. The Bertz CT molecular complexity index is 958. The van der Waals surface area contributed by atoms with Gasteiger partial charge in [0.25, 0.3) is 0 Å². The van der Waals surface area contributed by atoms with Crippen molar-refractivity contribution in [3.63, 3.8) is 0 Å². The Morgan fingerprint density at radius 1 is 0.917 bits per heavy atom. The van der Waals surface area contributed by atoms with E-state index in [4.69, 9.17) is 0 Å². The zero-order valence-corrected chi connectivity index (χ0v) is 14.0. The quantitative estimate of drug-likeness (QED) is 0.768. The second kappa shape index (κ2) is 5.96. The average Bonchev–Trinajstić information content (AvgIpc) is 3.08. The van der Waals surface area contributed by atoms with E-state index in [0.29, 0.717) is 9.79 Å². The van der Waals surface area contributed by atoms with Crippen molar-refractivity contribution in [2.45, 2.75) is 9.79 Å². The highest BCUT2D eigenvalue weighted by atomic mass is 32.2. The molecule has 24 heavy (non-hydrogen) atoms. The lowest BCUT2D eigenvalue weighted by Gasteiger charge is -2.29. The van der Waals surface area contributed by atoms with Crippen LogP contribution >= 0.6 is 0 Å². The molecule has 1 aromatic heterocycles. The zero-order valence-electron chi connectivity index (χ0n) is 13.2. The first-order valence-electron chi connectivity index (χ1n) is 8.04. The van der Waals surface area contributed by atoms with Crippen LogP contribution in [0, 0.1) is 0 Å². The molecule has 0 amide bonds. The highest BCUT2D eigenvalue weighted by Gasteiger charge is 2.23. The molecule has 4 rings (SSSR count). The minimum atomic E-state index is -3.53. The second-order valence-electron chi connectivity index (χ2n) is 5.91. The van der Waals surface area contributed by atoms with Crippen LogP contribution in [0.5, 0.6) is 0 Å². The summed E-state index contributed by atoms with van der Waals surface area (Å²) < 4.78 is 25.9. The smallest absolute Gasteiger partial charge is 0.208 e. The summed E-state index contributed by atoms with van der Waals surface area (Å²) in [6.45, 7) is 3.70. The van der Waals surface area contributed by atoms with E-state index in [0.717, 1.165) is 42.8 Å². The Labute approximate surface area is 141 Å². The number of sulfone groups is 1. The first kappa shape index (κ1) is 15.2. The van der Waals surface area contributed by atoms with Gasteiger partial charge in [0.1, 0.15) is 0 Å². The van der Waals surface area contributed by atoms with E-state index in [1.165, 1.54) is 0 Å². The lowest BCUT2D eigenvalue weighted by atomic mass is 10.2. The number of nitrogens with one attached hydrogen (secondary N) is 2. The molecule has 0 unspecified atom stereocenters. The second-order valence-corrected chi connectivity index (χ2v) is 7.82. The number of rotatable bonds is 3. The fourth-order valence-corrected chi connectivity index (χ4v) is 4.67. The summed E-state index contributed by atoms with van der Waals surface area (Å²) in [5.41, 5.74) is 1.94. The van der Waals surface area contributed by atoms with Gasteiger partial charge in [-0.2, -0.15) is 0 Å². The summed E-state index contributed by atoms with van der Waals surface area (Å²) in [4.78, 5) is 6.13. The van der Waals surface area contributed by atoms with Gasteiger partial charge >= 0.3 is 0 Å². The number of benzene rings is 2. The molecule has 3 aromatic rings. The van der Waals surface area contributed by atoms with Crippen LogP contribution in [0.15, 0.2) is 64.5 Å². The molecule has 0 aliphatic carbocycles. The molecule has 0 saturated carbocycles. The molecule has 6 heteroatoms. The lowest BCUT2D eigenvalue weighted by molar-refractivity contribution is 0.590. The topological polar surface area (TPSA) is 65.2 Å². The fraction of sp³-hybridized carbons (Fsp3) is 0.222. The lowest BCUT2D eigenvalue weighted by Crippen LogP contribution is -2.43. The van der Waals surface area contributed by atoms with Crippen molar-refractivity contribution in [2.24, 2.45) is 0 Å². The molecule has 0 bridgehead atoms. The van der Waals surface area contributed by atoms with Gasteiger partial charge in [0, 0.05) is 37.8 Å². The van der Waals surface area contributed by atoms with Gasteiger partial charge in [-0.15, -0.1) is 0 Å². The van der Waals surface area contributed by atoms with Crippen LogP contribution < -0.4 is 10.2 Å². The van der Waals surface area contributed by atoms with Gasteiger partial charge in [0.05, 0.1) is 21.0 Å². The summed E-state index contributed by atoms with van der Waals surface area (Å²) >= 11 is 0. The maximum absolute atomic E-state index is 13.0. The molecular formula is C18H19N3O2S. The van der Waals surface area contributed by atoms with E-state index in [-0.39, 0.29) is 0 Å². The molecule has 2 N–H and O–H groups in total. The number of hydrogen-bond acceptors (Lipinski definition) is 4. The molecule has 1 aliphatic heterocycles. The van der Waals surface area contributed by atoms with E-state index in [9.17, 15) is 8.42 Å². The van der Waals surface area contributed by atoms with Gasteiger partial charge in [-0.1, -0.05) is 30.3 Å². The largest absolute Gasteiger partial charge is 0.367 e. The fourth-order valence-electron chi connectivity index (χ4n) is 3.23. The first-order valence-corrected chi connectivity index (χ1v) is 9.52. The Balaban J connectivity index is 1.84. The van der Waals surface area contributed by atoms with Crippen molar-refractivity contribution in [3.8, 4) is 0 Å². The number of fused-ring (bicyclic) bond motifs is 1. The third kappa shape index (κ3) is 2.48. The van der Waals surface area contributed by atoms with E-state index in [2.05, 4.69) is 15.2 Å². The van der Waals surface area contributed by atoms with Gasteiger partial charge in [-0.05, 0) is 18.2 Å². The number of aromatic amines is 1. The number of para-hydroxylation sites is 1. The third-order valence-corrected chi connectivity index (χ3v) is 6.27. The summed E-state index contributed by atoms with van der Waals surface area (Å²) in [6, 6.07) is 14.4. The van der Waals surface area contributed by atoms with Crippen molar-refractivity contribution < 1.29 is 8.42 Å². The molecular weight excluding hydrogens is 322 g/mol. The number of piperazine rings is 1. The average molecular weight is 341 g/mol. The standard InChI is InChI=1S/C18H19N3O2S/c22-24(23,14-5-2-1-3-6-14)17-13-20-18-15(17)7-4-8-16(18)21-11-9-19-10-12-21/h1-8,13,19-20H,9-12H2. The van der Waals surface area contributed by atoms with Crippen LogP contribution in [0.1, 0.15) is 0 Å². The van der Waals surface area contributed by atoms with Crippen LogP contribution in [0.4, 0.5) is 5.69 Å². The van der Waals surface area contributed by atoms with Crippen LogP contribution in [0.25, 0.3) is 10.9 Å². The summed E-state index contributed by atoms with van der Waals surface area (Å²) in [6.07, 6.45) is 1.61. The monoisotopic (exact) mass is 341 g/mol. The van der Waals surface area contributed by atoms with E-state index >= 15 is 0 Å². The SMILES string of the molecule is O=S(=O)(c1ccccc1)c1c[nH]c2c(N3CCNCC3)cccc12. The van der Waals surface area contributed by atoms with Crippen molar-refractivity contribution in [3.05, 3.63) is 54.7 Å². The van der Waals surface area contributed by atoms with Crippen LogP contribution in [0.2, 0.25) is 0 Å². The van der Waals surface area contributed by atoms with Gasteiger partial charge in [0.15, 0.2) is 0 Å². The summed E-state index contributed by atoms with van der Waals surface area (Å²) in [7, 11) is -3.53. The zero-order chi connectivity index (χ0) is 16.6. The molecule has 1 fully saturated rings. The highest BCUT2D eigenvalue weighted by Crippen LogP contribution is 2.33.